The van der Waals surface area contributed by atoms with Gasteiger partial charge in [0.1, 0.15) is 18.5 Å². The first-order chi connectivity index (χ1) is 10.6. The summed E-state index contributed by atoms with van der Waals surface area (Å²) < 4.78 is 19.1. The van der Waals surface area contributed by atoms with Crippen LogP contribution < -0.4 is 4.74 Å². The van der Waals surface area contributed by atoms with Gasteiger partial charge in [-0.25, -0.2) is 4.39 Å². The van der Waals surface area contributed by atoms with Gasteiger partial charge in [0.05, 0.1) is 0 Å². The average Bonchev–Trinajstić information content (AvgIpc) is 2.52. The lowest BCUT2D eigenvalue weighted by Crippen LogP contribution is -2.12. The van der Waals surface area contributed by atoms with E-state index in [1.807, 2.05) is 0 Å². The van der Waals surface area contributed by atoms with Gasteiger partial charge >= 0.3 is 0 Å². The average molecular weight is 326 g/mol. The van der Waals surface area contributed by atoms with Crippen molar-refractivity contribution in [3.8, 4) is 5.75 Å². The van der Waals surface area contributed by atoms with E-state index in [4.69, 9.17) is 4.74 Å². The summed E-state index contributed by atoms with van der Waals surface area (Å²) in [5.41, 5.74) is 0.510. The molecule has 0 bridgehead atoms. The van der Waals surface area contributed by atoms with E-state index in [1.54, 1.807) is 24.3 Å². The molecule has 0 aliphatic carbocycles. The SMILES string of the molecule is CCCCCCCCCC(F)COc1ccc(C(=O)S)cc1. The second-order valence-corrected chi connectivity index (χ2v) is 6.05. The normalized spacial score (nSPS) is 12.1. The Morgan fingerprint density at radius 2 is 1.68 bits per heavy atom. The lowest BCUT2D eigenvalue weighted by atomic mass is 10.1. The van der Waals surface area contributed by atoms with Crippen molar-refractivity contribution in [3.63, 3.8) is 0 Å². The first-order valence-corrected chi connectivity index (χ1v) is 8.68. The van der Waals surface area contributed by atoms with E-state index in [0.29, 0.717) is 17.7 Å². The van der Waals surface area contributed by atoms with Gasteiger partial charge in [0.2, 0.25) is 5.12 Å². The third kappa shape index (κ3) is 8.42. The summed E-state index contributed by atoms with van der Waals surface area (Å²) in [6, 6.07) is 6.61. The first-order valence-electron chi connectivity index (χ1n) is 8.23. The van der Waals surface area contributed by atoms with Gasteiger partial charge < -0.3 is 4.74 Å². The fourth-order valence-corrected chi connectivity index (χ4v) is 2.44. The summed E-state index contributed by atoms with van der Waals surface area (Å²) in [7, 11) is 0. The van der Waals surface area contributed by atoms with Crippen LogP contribution in [0.2, 0.25) is 0 Å². The molecule has 22 heavy (non-hydrogen) atoms. The van der Waals surface area contributed by atoms with E-state index < -0.39 is 6.17 Å². The first kappa shape index (κ1) is 19.0. The van der Waals surface area contributed by atoms with Crippen molar-refractivity contribution < 1.29 is 13.9 Å². The number of halogens is 1. The van der Waals surface area contributed by atoms with Crippen LogP contribution in [0.1, 0.15) is 68.6 Å². The molecule has 0 spiro atoms. The number of alkyl halides is 1. The molecule has 0 N–H and O–H groups in total. The second kappa shape index (κ2) is 11.5. The molecule has 1 rings (SSSR count). The van der Waals surface area contributed by atoms with Crippen molar-refractivity contribution in [2.45, 2.75) is 64.5 Å². The minimum absolute atomic E-state index is 0.0734. The highest BCUT2D eigenvalue weighted by Gasteiger charge is 2.08. The minimum atomic E-state index is -0.929. The summed E-state index contributed by atoms with van der Waals surface area (Å²) in [5.74, 6) is 0.584. The molecule has 1 aromatic carbocycles. The van der Waals surface area contributed by atoms with E-state index in [1.165, 1.54) is 32.1 Å². The van der Waals surface area contributed by atoms with Gasteiger partial charge in [-0.1, -0.05) is 51.9 Å². The summed E-state index contributed by atoms with van der Waals surface area (Å²) in [6.45, 7) is 2.28. The second-order valence-electron chi connectivity index (χ2n) is 5.65. The molecule has 0 fully saturated rings. The standard InChI is InChI=1S/C18H27FO2S/c1-2-3-4-5-6-7-8-9-16(19)14-21-17-12-10-15(11-13-17)18(20)22/h10-13,16H,2-9,14H2,1H3,(H,20,22). The molecule has 0 saturated heterocycles. The predicted octanol–water partition coefficient (Wildman–Crippen LogP) is 5.61. The molecule has 0 aliphatic heterocycles. The minimum Gasteiger partial charge on any atom is -0.491 e. The molecule has 0 saturated carbocycles. The van der Waals surface area contributed by atoms with E-state index in [0.717, 1.165) is 12.8 Å². The molecule has 2 nitrogen and oxygen atoms in total. The Morgan fingerprint density at radius 1 is 1.09 bits per heavy atom. The third-order valence-corrected chi connectivity index (χ3v) is 3.91. The number of hydrogen-bond acceptors (Lipinski definition) is 2. The van der Waals surface area contributed by atoms with Crippen LogP contribution in [-0.2, 0) is 0 Å². The maximum absolute atomic E-state index is 13.7. The summed E-state index contributed by atoms with van der Waals surface area (Å²) >= 11 is 3.74. The Bertz CT molecular complexity index is 420. The zero-order chi connectivity index (χ0) is 16.2. The number of ether oxygens (including phenoxy) is 1. The maximum atomic E-state index is 13.7. The molecular weight excluding hydrogens is 299 g/mol. The van der Waals surface area contributed by atoms with E-state index in [2.05, 4.69) is 19.6 Å². The highest BCUT2D eigenvalue weighted by molar-refractivity contribution is 7.97. The van der Waals surface area contributed by atoms with Crippen LogP contribution in [0.15, 0.2) is 24.3 Å². The fourth-order valence-electron chi connectivity index (χ4n) is 2.29. The Balaban J connectivity index is 2.10. The lowest BCUT2D eigenvalue weighted by Gasteiger charge is -2.10. The van der Waals surface area contributed by atoms with E-state index in [-0.39, 0.29) is 11.7 Å². The van der Waals surface area contributed by atoms with Gasteiger partial charge in [0.25, 0.3) is 0 Å². The quantitative estimate of drug-likeness (QED) is 0.399. The highest BCUT2D eigenvalue weighted by Crippen LogP contribution is 2.16. The van der Waals surface area contributed by atoms with E-state index in [9.17, 15) is 9.18 Å². The zero-order valence-corrected chi connectivity index (χ0v) is 14.3. The van der Waals surface area contributed by atoms with Crippen molar-refractivity contribution in [2.75, 3.05) is 6.61 Å². The van der Waals surface area contributed by atoms with Crippen LogP contribution in [0.3, 0.4) is 0 Å². The Morgan fingerprint density at radius 3 is 2.27 bits per heavy atom. The Hall–Kier alpha value is -1.03. The number of carbonyl (C=O) groups excluding carboxylic acids is 1. The van der Waals surface area contributed by atoms with Crippen LogP contribution >= 0.6 is 12.6 Å². The fraction of sp³-hybridized carbons (Fsp3) is 0.611. The summed E-state index contributed by atoms with van der Waals surface area (Å²) in [5, 5.41) is -0.283. The van der Waals surface area contributed by atoms with Crippen molar-refractivity contribution >= 4 is 17.7 Å². The molecule has 0 amide bonds. The van der Waals surface area contributed by atoms with Crippen molar-refractivity contribution in [2.24, 2.45) is 0 Å². The zero-order valence-electron chi connectivity index (χ0n) is 13.4. The van der Waals surface area contributed by atoms with Gasteiger partial charge in [-0.3, -0.25) is 4.79 Å². The molecule has 124 valence electrons. The molecule has 0 aliphatic rings. The lowest BCUT2D eigenvalue weighted by molar-refractivity contribution is 0.109. The van der Waals surface area contributed by atoms with Crippen LogP contribution in [0.25, 0.3) is 0 Å². The molecule has 0 aromatic heterocycles. The highest BCUT2D eigenvalue weighted by atomic mass is 32.1. The number of hydrogen-bond donors (Lipinski definition) is 1. The summed E-state index contributed by atoms with van der Waals surface area (Å²) in [4.78, 5) is 11.0. The van der Waals surface area contributed by atoms with Crippen LogP contribution in [0.4, 0.5) is 4.39 Å². The monoisotopic (exact) mass is 326 g/mol. The van der Waals surface area contributed by atoms with Crippen molar-refractivity contribution in [3.05, 3.63) is 29.8 Å². The van der Waals surface area contributed by atoms with Crippen molar-refractivity contribution in [1.29, 1.82) is 0 Å². The number of carbonyl (C=O) groups is 1. The molecule has 1 unspecified atom stereocenters. The number of rotatable bonds is 12. The Labute approximate surface area is 138 Å². The number of benzene rings is 1. The molecule has 1 aromatic rings. The van der Waals surface area contributed by atoms with Gasteiger partial charge in [-0.2, -0.15) is 0 Å². The van der Waals surface area contributed by atoms with Crippen LogP contribution in [0, 0.1) is 0 Å². The molecule has 4 heteroatoms. The molecule has 0 heterocycles. The summed E-state index contributed by atoms with van der Waals surface area (Å²) in [6.07, 6.45) is 7.97. The van der Waals surface area contributed by atoms with Gasteiger partial charge in [-0.15, -0.1) is 12.6 Å². The predicted molar refractivity (Wildman–Crippen MR) is 92.8 cm³/mol. The smallest absolute Gasteiger partial charge is 0.216 e. The maximum Gasteiger partial charge on any atom is 0.216 e. The van der Waals surface area contributed by atoms with Crippen LogP contribution in [-0.4, -0.2) is 17.9 Å². The number of thiol groups is 1. The molecular formula is C18H27FO2S. The van der Waals surface area contributed by atoms with Crippen LogP contribution in [0.5, 0.6) is 5.75 Å². The van der Waals surface area contributed by atoms with Gasteiger partial charge in [-0.05, 0) is 30.7 Å². The molecule has 1 atom stereocenters. The number of unbranched alkanes of at least 4 members (excludes halogenated alkanes) is 6. The van der Waals surface area contributed by atoms with E-state index >= 15 is 0 Å². The Kier molecular flexibility index (Phi) is 9.96. The molecule has 0 radical (unpaired) electrons. The largest absolute Gasteiger partial charge is 0.491 e. The van der Waals surface area contributed by atoms with Gasteiger partial charge in [0, 0.05) is 5.56 Å². The van der Waals surface area contributed by atoms with Gasteiger partial charge in [0.15, 0.2) is 0 Å². The van der Waals surface area contributed by atoms with Crippen molar-refractivity contribution in [1.82, 2.24) is 0 Å². The topological polar surface area (TPSA) is 26.3 Å². The third-order valence-electron chi connectivity index (χ3n) is 3.65.